The minimum Gasteiger partial charge on any atom is -0.392 e. The van der Waals surface area contributed by atoms with Gasteiger partial charge in [-0.05, 0) is 196 Å². The lowest BCUT2D eigenvalue weighted by atomic mass is 9.98. The molecule has 3 saturated heterocycles. The number of aliphatic hydroxyl groups is 1. The Hall–Kier alpha value is -5.99. The number of aliphatic hydroxyl groups excluding tert-OH is 1. The summed E-state index contributed by atoms with van der Waals surface area (Å²) in [5.41, 5.74) is 18.6. The maximum absolute atomic E-state index is 9.24. The van der Waals surface area contributed by atoms with Crippen molar-refractivity contribution in [1.82, 2.24) is 45.7 Å². The van der Waals surface area contributed by atoms with Crippen LogP contribution in [0, 0.1) is 11.8 Å². The van der Waals surface area contributed by atoms with Crippen LogP contribution in [0.2, 0.25) is 15.1 Å². The summed E-state index contributed by atoms with van der Waals surface area (Å²) in [5, 5.41) is 43.0. The van der Waals surface area contributed by atoms with Gasteiger partial charge >= 0.3 is 0 Å². The van der Waals surface area contributed by atoms with Gasteiger partial charge in [-0.3, -0.25) is 9.80 Å². The minimum atomic E-state index is 0.0122. The Balaban J connectivity index is 0.000000132. The summed E-state index contributed by atoms with van der Waals surface area (Å²) < 4.78 is 0. The predicted octanol–water partition coefficient (Wildman–Crippen LogP) is 13.5. The van der Waals surface area contributed by atoms with Crippen LogP contribution in [0.3, 0.4) is 0 Å². The van der Waals surface area contributed by atoms with Gasteiger partial charge in [0.15, 0.2) is 0 Å². The molecule has 0 unspecified atom stereocenters. The molecular formula is C62H67Cl3N10O. The molecule has 0 amide bonds. The fraction of sp³-hybridized carbons (Fsp3) is 0.323. The molecule has 4 N–H and O–H groups in total. The van der Waals surface area contributed by atoms with Gasteiger partial charge in [0.1, 0.15) is 0 Å². The molecule has 3 fully saturated rings. The standard InChI is InChI=1S/C21H22ClN3.C20H21ClN4.C15H11ClN2O.C6H13N/c1-15-8-10-25(11-9-15)14-16-2-7-21-19(12-16)20(13-23-24-21)17-3-5-18(22)6-4-17;21-16-4-2-15(3-5-16)19-12-23-24-20-6-1-14(11-18(19)20)13-25-9-7-17(22)8-10-25;16-12-4-2-11(3-5-12)14-8-17-18-15-6-1-10(9-19)7-13(14)15;1-6-2-4-7-5-3-6/h2-7,12-13,15H,8-11,14H2,1H3;1-6,11-12,17H,7-10,13,22H2;1-8,19H,9H2;6-7H,2-5H2,1H3. The Bertz CT molecular complexity index is 3140. The van der Waals surface area contributed by atoms with E-state index < -0.39 is 0 Å². The van der Waals surface area contributed by atoms with Crippen LogP contribution in [-0.4, -0.2) is 90.8 Å². The summed E-state index contributed by atoms with van der Waals surface area (Å²) in [6, 6.07) is 42.4. The lowest BCUT2D eigenvalue weighted by Gasteiger charge is -2.30. The molecule has 6 aromatic carbocycles. The van der Waals surface area contributed by atoms with E-state index in [2.05, 4.69) is 96.0 Å². The topological polar surface area (TPSA) is 142 Å². The summed E-state index contributed by atoms with van der Waals surface area (Å²) >= 11 is 18.0. The zero-order chi connectivity index (χ0) is 52.8. The Morgan fingerprint density at radius 3 is 1.17 bits per heavy atom. The van der Waals surface area contributed by atoms with Crippen LogP contribution >= 0.6 is 34.8 Å². The summed E-state index contributed by atoms with van der Waals surface area (Å²) in [7, 11) is 0. The Morgan fingerprint density at radius 2 is 0.816 bits per heavy atom. The van der Waals surface area contributed by atoms with Gasteiger partial charge in [-0.2, -0.15) is 30.6 Å². The van der Waals surface area contributed by atoms with Crippen molar-refractivity contribution >= 4 is 67.5 Å². The van der Waals surface area contributed by atoms with Crippen LogP contribution in [0.25, 0.3) is 66.1 Å². The number of benzene rings is 6. The van der Waals surface area contributed by atoms with E-state index in [1.165, 1.54) is 63.0 Å². The van der Waals surface area contributed by atoms with Crippen LogP contribution < -0.4 is 11.1 Å². The number of hydrogen-bond donors (Lipinski definition) is 3. The van der Waals surface area contributed by atoms with Crippen molar-refractivity contribution in [3.8, 4) is 33.4 Å². The van der Waals surface area contributed by atoms with Crippen molar-refractivity contribution in [2.24, 2.45) is 17.6 Å². The Labute approximate surface area is 461 Å². The number of hydrogen-bond acceptors (Lipinski definition) is 11. The molecule has 0 saturated carbocycles. The van der Waals surface area contributed by atoms with Crippen molar-refractivity contribution in [3.63, 3.8) is 0 Å². The normalized spacial score (nSPS) is 15.8. The van der Waals surface area contributed by atoms with Crippen LogP contribution in [0.5, 0.6) is 0 Å². The van der Waals surface area contributed by atoms with Crippen LogP contribution in [0.1, 0.15) is 69.1 Å². The lowest BCUT2D eigenvalue weighted by Crippen LogP contribution is -2.39. The number of nitrogens with one attached hydrogen (secondary N) is 1. The van der Waals surface area contributed by atoms with Crippen LogP contribution in [0.4, 0.5) is 0 Å². The average Bonchev–Trinajstić information content (AvgIpc) is 3.45. The van der Waals surface area contributed by atoms with Crippen LogP contribution in [0.15, 0.2) is 146 Å². The van der Waals surface area contributed by atoms with E-state index in [1.54, 1.807) is 6.20 Å². The number of rotatable bonds is 8. The highest BCUT2D eigenvalue weighted by Gasteiger charge is 2.18. The molecule has 76 heavy (non-hydrogen) atoms. The Kier molecular flexibility index (Phi) is 19.4. The number of halogens is 3. The van der Waals surface area contributed by atoms with Crippen LogP contribution in [-0.2, 0) is 19.7 Å². The molecule has 3 aromatic heterocycles. The van der Waals surface area contributed by atoms with E-state index in [1.807, 2.05) is 103 Å². The second kappa shape index (κ2) is 26.9. The van der Waals surface area contributed by atoms with Crippen molar-refractivity contribution in [2.75, 3.05) is 39.3 Å². The van der Waals surface area contributed by atoms with Gasteiger partial charge in [0.25, 0.3) is 0 Å². The largest absolute Gasteiger partial charge is 0.392 e. The zero-order valence-electron chi connectivity index (χ0n) is 43.4. The average molecular weight is 1070 g/mol. The van der Waals surface area contributed by atoms with E-state index in [9.17, 15) is 5.11 Å². The molecule has 11 nitrogen and oxygen atoms in total. The molecular weight excluding hydrogens is 1010 g/mol. The van der Waals surface area contributed by atoms with Gasteiger partial charge in [-0.25, -0.2) is 0 Å². The maximum Gasteiger partial charge on any atom is 0.0936 e. The van der Waals surface area contributed by atoms with Gasteiger partial charge in [-0.15, -0.1) is 0 Å². The predicted molar refractivity (Wildman–Crippen MR) is 313 cm³/mol. The SMILES string of the molecule is CC1CCN(Cc2ccc3nncc(-c4ccc(Cl)cc4)c3c2)CC1.CC1CCNCC1.NC1CCN(Cc2ccc3nncc(-c4ccc(Cl)cc4)c3c2)CC1.OCc1ccc2nncc(-c3ccc(Cl)cc3)c2c1. The molecule has 3 aliphatic heterocycles. The van der Waals surface area contributed by atoms with Crippen molar-refractivity contribution in [2.45, 2.75) is 78.1 Å². The minimum absolute atomic E-state index is 0.0122. The molecule has 392 valence electrons. The third kappa shape index (κ3) is 14.9. The van der Waals surface area contributed by atoms with Gasteiger partial charge in [0, 0.05) is 67.0 Å². The highest BCUT2D eigenvalue weighted by atomic mass is 35.5. The third-order valence-corrected chi connectivity index (χ3v) is 15.5. The lowest BCUT2D eigenvalue weighted by molar-refractivity contribution is 0.185. The van der Waals surface area contributed by atoms with E-state index in [0.717, 1.165) is 133 Å². The quantitative estimate of drug-likeness (QED) is 0.134. The fourth-order valence-corrected chi connectivity index (χ4v) is 10.4. The van der Waals surface area contributed by atoms with Crippen molar-refractivity contribution < 1.29 is 5.11 Å². The molecule has 0 aliphatic carbocycles. The molecule has 0 bridgehead atoms. The highest BCUT2D eigenvalue weighted by Crippen LogP contribution is 2.32. The number of piperidine rings is 3. The first kappa shape index (κ1) is 54.8. The van der Waals surface area contributed by atoms with E-state index in [-0.39, 0.29) is 6.61 Å². The summed E-state index contributed by atoms with van der Waals surface area (Å²) in [4.78, 5) is 5.03. The molecule has 14 heteroatoms. The molecule has 0 spiro atoms. The van der Waals surface area contributed by atoms with Gasteiger partial charge in [0.05, 0.1) is 41.7 Å². The number of aromatic nitrogens is 6. The van der Waals surface area contributed by atoms with Crippen molar-refractivity contribution in [3.05, 3.63) is 178 Å². The molecule has 3 aliphatic rings. The first-order valence-corrected chi connectivity index (χ1v) is 27.7. The van der Waals surface area contributed by atoms with Gasteiger partial charge < -0.3 is 16.2 Å². The van der Waals surface area contributed by atoms with E-state index in [4.69, 9.17) is 40.5 Å². The smallest absolute Gasteiger partial charge is 0.0936 e. The zero-order valence-corrected chi connectivity index (χ0v) is 45.7. The summed E-state index contributed by atoms with van der Waals surface area (Å²) in [5.74, 6) is 1.83. The first-order chi connectivity index (χ1) is 37.0. The Morgan fingerprint density at radius 1 is 0.474 bits per heavy atom. The van der Waals surface area contributed by atoms with Crippen molar-refractivity contribution in [1.29, 1.82) is 0 Å². The summed E-state index contributed by atoms with van der Waals surface area (Å²) in [6.45, 7) is 13.6. The second-order valence-corrected chi connectivity index (χ2v) is 21.8. The number of nitrogens with two attached hydrogens (primary N) is 1. The second-order valence-electron chi connectivity index (χ2n) is 20.5. The molecule has 12 rings (SSSR count). The van der Waals surface area contributed by atoms with Gasteiger partial charge in [0.2, 0.25) is 0 Å². The fourth-order valence-electron chi connectivity index (χ4n) is 10.0. The molecule has 0 atom stereocenters. The number of nitrogens with zero attached hydrogens (tertiary/aromatic N) is 8. The number of fused-ring (bicyclic) bond motifs is 3. The van der Waals surface area contributed by atoms with Gasteiger partial charge in [-0.1, -0.05) is 103 Å². The third-order valence-electron chi connectivity index (χ3n) is 14.7. The van der Waals surface area contributed by atoms with E-state index >= 15 is 0 Å². The first-order valence-electron chi connectivity index (χ1n) is 26.6. The number of likely N-dealkylation sites (tertiary alicyclic amines) is 2. The molecule has 9 aromatic rings. The molecule has 6 heterocycles. The molecule has 0 radical (unpaired) electrons. The highest BCUT2D eigenvalue weighted by molar-refractivity contribution is 6.31. The monoisotopic (exact) mass is 1070 g/mol. The maximum atomic E-state index is 9.24. The summed E-state index contributed by atoms with van der Waals surface area (Å²) in [6.07, 6.45) is 12.9. The van der Waals surface area contributed by atoms with E-state index in [0.29, 0.717) is 11.1 Å².